The Balaban J connectivity index is 2.30. The number of quaternary nitrogens is 1. The highest BCUT2D eigenvalue weighted by molar-refractivity contribution is 6.42. The Bertz CT molecular complexity index is 968. The van der Waals surface area contributed by atoms with Crippen LogP contribution in [0, 0.1) is 5.21 Å². The Morgan fingerprint density at radius 1 is 1.29 bits per heavy atom. The number of halogens is 2. The molecular weight excluding hydrogens is 405 g/mol. The van der Waals surface area contributed by atoms with Gasteiger partial charge in [-0.15, -0.1) is 0 Å². The van der Waals surface area contributed by atoms with Crippen molar-refractivity contribution in [3.63, 3.8) is 0 Å². The van der Waals surface area contributed by atoms with E-state index >= 15 is 0 Å². The van der Waals surface area contributed by atoms with Gasteiger partial charge in [0.1, 0.15) is 17.0 Å². The lowest BCUT2D eigenvalue weighted by atomic mass is 9.80. The molecule has 0 radical (unpaired) electrons. The lowest BCUT2D eigenvalue weighted by Crippen LogP contribution is -3.03. The summed E-state index contributed by atoms with van der Waals surface area (Å²) in [6.07, 6.45) is 0.799. The number of carbonyl (C=O) groups is 1. The quantitative estimate of drug-likeness (QED) is 0.597. The van der Waals surface area contributed by atoms with Gasteiger partial charge >= 0.3 is 5.97 Å². The highest BCUT2D eigenvalue weighted by atomic mass is 35.5. The molecule has 0 saturated carbocycles. The van der Waals surface area contributed by atoms with Crippen LogP contribution in [0.15, 0.2) is 46.1 Å². The molecule has 2 unspecified atom stereocenters. The van der Waals surface area contributed by atoms with Gasteiger partial charge in [-0.2, -0.15) is 4.98 Å². The zero-order valence-corrected chi connectivity index (χ0v) is 17.3. The van der Waals surface area contributed by atoms with Crippen molar-refractivity contribution in [3.8, 4) is 0 Å². The van der Waals surface area contributed by atoms with Crippen LogP contribution < -0.4 is 5.06 Å². The van der Waals surface area contributed by atoms with Gasteiger partial charge in [-0.25, -0.2) is 4.79 Å². The van der Waals surface area contributed by atoms with Crippen molar-refractivity contribution in [2.24, 2.45) is 0 Å². The van der Waals surface area contributed by atoms with Crippen LogP contribution in [0.5, 0.6) is 0 Å². The number of aromatic nitrogens is 2. The van der Waals surface area contributed by atoms with Crippen LogP contribution in [-0.2, 0) is 9.53 Å². The van der Waals surface area contributed by atoms with Crippen LogP contribution in [0.25, 0.3) is 5.57 Å². The van der Waals surface area contributed by atoms with Gasteiger partial charge < -0.3 is 19.5 Å². The van der Waals surface area contributed by atoms with Gasteiger partial charge in [0.2, 0.25) is 12.2 Å². The molecule has 7 nitrogen and oxygen atoms in total. The van der Waals surface area contributed by atoms with Gasteiger partial charge in [0.15, 0.2) is 0 Å². The number of allylic oxidation sites excluding steroid dienone is 3. The molecule has 28 heavy (non-hydrogen) atoms. The first-order chi connectivity index (χ1) is 13.2. The van der Waals surface area contributed by atoms with Gasteiger partial charge in [-0.05, 0) is 25.5 Å². The predicted molar refractivity (Wildman–Crippen MR) is 104 cm³/mol. The fourth-order valence-corrected chi connectivity index (χ4v) is 3.71. The Hall–Kier alpha value is -2.19. The first-order valence-electron chi connectivity index (χ1n) is 8.61. The van der Waals surface area contributed by atoms with Gasteiger partial charge in [-0.1, -0.05) is 40.5 Å². The summed E-state index contributed by atoms with van der Waals surface area (Å²) < 4.78 is 10.3. The highest BCUT2D eigenvalue weighted by Gasteiger charge is 2.42. The second-order valence-electron chi connectivity index (χ2n) is 6.69. The molecule has 1 aromatic carbocycles. The number of nitrogens with one attached hydrogen (secondary N) is 1. The van der Waals surface area contributed by atoms with Crippen LogP contribution in [0.2, 0.25) is 10.0 Å². The Morgan fingerprint density at radius 3 is 2.61 bits per heavy atom. The standard InChI is InChI=1S/C19H19Cl2N3O4/c1-9(2)28-19(25)15-11(4)24(26)10(3)14(18-22-8-27-23-18)16(15)12-6-5-7-13(20)17(12)21/h5-9,16,24H,1-4H3. The van der Waals surface area contributed by atoms with Gasteiger partial charge in [0.05, 0.1) is 27.6 Å². The third-order valence-electron chi connectivity index (χ3n) is 4.52. The third-order valence-corrected chi connectivity index (χ3v) is 5.36. The zero-order valence-electron chi connectivity index (χ0n) is 15.7. The van der Waals surface area contributed by atoms with Crippen molar-refractivity contribution >= 4 is 34.7 Å². The maximum atomic E-state index is 13.0. The van der Waals surface area contributed by atoms with E-state index in [9.17, 15) is 10.0 Å². The van der Waals surface area contributed by atoms with E-state index in [0.29, 0.717) is 21.9 Å². The van der Waals surface area contributed by atoms with Crippen molar-refractivity contribution < 1.29 is 19.1 Å². The minimum absolute atomic E-state index is 0.188. The summed E-state index contributed by atoms with van der Waals surface area (Å²) in [5.74, 6) is -1.13. The zero-order chi connectivity index (χ0) is 20.6. The van der Waals surface area contributed by atoms with Gasteiger partial charge in [0.25, 0.3) is 0 Å². The summed E-state index contributed by atoms with van der Waals surface area (Å²) in [4.78, 5) is 17.1. The van der Waals surface area contributed by atoms with Crippen LogP contribution >= 0.6 is 23.2 Å². The molecule has 2 atom stereocenters. The largest absolute Gasteiger partial charge is 0.624 e. The summed E-state index contributed by atoms with van der Waals surface area (Å²) >= 11 is 12.7. The Labute approximate surface area is 172 Å². The molecular formula is C19H19Cl2N3O4. The molecule has 1 N–H and O–H groups in total. The van der Waals surface area contributed by atoms with E-state index in [-0.39, 0.29) is 33.3 Å². The minimum atomic E-state index is -0.729. The second kappa shape index (κ2) is 8.05. The molecule has 148 valence electrons. The second-order valence-corrected chi connectivity index (χ2v) is 7.48. The summed E-state index contributed by atoms with van der Waals surface area (Å²) in [5, 5.41) is 17.1. The molecule has 2 aromatic rings. The van der Waals surface area contributed by atoms with Crippen LogP contribution in [0.3, 0.4) is 0 Å². The molecule has 1 aromatic heterocycles. The number of nitrogens with zero attached hydrogens (tertiary/aromatic N) is 2. The first-order valence-corrected chi connectivity index (χ1v) is 9.37. The molecule has 9 heteroatoms. The number of ether oxygens (including phenoxy) is 1. The fourth-order valence-electron chi connectivity index (χ4n) is 3.29. The molecule has 0 spiro atoms. The Kier molecular flexibility index (Phi) is 5.90. The molecule has 1 aliphatic rings. The number of esters is 1. The van der Waals surface area contributed by atoms with E-state index in [1.807, 2.05) is 0 Å². The van der Waals surface area contributed by atoms with Crippen LogP contribution in [-0.4, -0.2) is 22.2 Å². The smallest absolute Gasteiger partial charge is 0.340 e. The average Bonchev–Trinajstić information content (AvgIpc) is 3.15. The van der Waals surface area contributed by atoms with E-state index in [0.717, 1.165) is 6.39 Å². The molecule has 1 aliphatic heterocycles. The first kappa shape index (κ1) is 20.5. The summed E-state index contributed by atoms with van der Waals surface area (Å²) in [6, 6.07) is 5.12. The number of rotatable bonds is 4. The SMILES string of the molecule is CC1=C(C(=O)OC(C)C)C(c2cccc(Cl)c2Cl)C(c2ncon2)=C(C)[NH+]1[O-]. The maximum absolute atomic E-state index is 13.0. The lowest BCUT2D eigenvalue weighted by Gasteiger charge is -2.35. The molecule has 0 amide bonds. The van der Waals surface area contributed by atoms with E-state index in [2.05, 4.69) is 10.1 Å². The topological polar surface area (TPSA) is 92.7 Å². The molecule has 2 heterocycles. The summed E-state index contributed by atoms with van der Waals surface area (Å²) in [5.41, 5.74) is 1.87. The molecule has 0 fully saturated rings. The Morgan fingerprint density at radius 2 is 2.00 bits per heavy atom. The van der Waals surface area contributed by atoms with E-state index < -0.39 is 11.9 Å². The summed E-state index contributed by atoms with van der Waals surface area (Å²) in [7, 11) is 0. The number of benzene rings is 1. The van der Waals surface area contributed by atoms with Gasteiger partial charge in [0, 0.05) is 13.8 Å². The van der Waals surface area contributed by atoms with Crippen LogP contribution in [0.1, 0.15) is 45.0 Å². The van der Waals surface area contributed by atoms with Crippen LogP contribution in [0.4, 0.5) is 0 Å². The lowest BCUT2D eigenvalue weighted by molar-refractivity contribution is -0.763. The fraction of sp³-hybridized carbons (Fsp3) is 0.316. The molecule has 0 aliphatic carbocycles. The van der Waals surface area contributed by atoms with E-state index in [4.69, 9.17) is 32.5 Å². The van der Waals surface area contributed by atoms with Crippen molar-refractivity contribution in [3.05, 3.63) is 68.2 Å². The number of hydrogen-bond donors (Lipinski definition) is 1. The summed E-state index contributed by atoms with van der Waals surface area (Å²) in [6.45, 7) is 6.73. The maximum Gasteiger partial charge on any atom is 0.340 e. The monoisotopic (exact) mass is 423 g/mol. The molecule has 0 saturated heterocycles. The highest BCUT2D eigenvalue weighted by Crippen LogP contribution is 2.45. The van der Waals surface area contributed by atoms with E-state index in [1.165, 1.54) is 0 Å². The number of hydrogen-bond acceptors (Lipinski definition) is 6. The van der Waals surface area contributed by atoms with E-state index in [1.54, 1.807) is 45.9 Å². The molecule has 3 rings (SSSR count). The minimum Gasteiger partial charge on any atom is -0.624 e. The number of carbonyl (C=O) groups excluding carboxylic acids is 1. The van der Waals surface area contributed by atoms with Crippen molar-refractivity contribution in [2.75, 3.05) is 0 Å². The van der Waals surface area contributed by atoms with Crippen molar-refractivity contribution in [1.82, 2.24) is 10.1 Å². The third kappa shape index (κ3) is 3.58. The number of hydroxylamine groups is 2. The predicted octanol–water partition coefficient (Wildman–Crippen LogP) is 3.51. The average molecular weight is 424 g/mol. The normalized spacial score (nSPS) is 20.1. The van der Waals surface area contributed by atoms with Crippen molar-refractivity contribution in [1.29, 1.82) is 0 Å². The van der Waals surface area contributed by atoms with Gasteiger partial charge in [-0.3, -0.25) is 0 Å². The molecule has 0 bridgehead atoms. The van der Waals surface area contributed by atoms with Crippen molar-refractivity contribution in [2.45, 2.75) is 39.7 Å².